The van der Waals surface area contributed by atoms with E-state index in [0.29, 0.717) is 16.3 Å². The lowest BCUT2D eigenvalue weighted by molar-refractivity contribution is 0.0701. The number of nitrogens with one attached hydrogen (secondary N) is 1. The van der Waals surface area contributed by atoms with E-state index >= 15 is 0 Å². The van der Waals surface area contributed by atoms with Gasteiger partial charge in [-0.05, 0) is 31.5 Å². The summed E-state index contributed by atoms with van der Waals surface area (Å²) in [5.41, 5.74) is 1.33. The first-order valence-corrected chi connectivity index (χ1v) is 6.94. The van der Waals surface area contributed by atoms with Gasteiger partial charge in [-0.25, -0.2) is 14.2 Å². The molecule has 1 aromatic heterocycles. The number of hydrogen-bond acceptors (Lipinski definition) is 4. The van der Waals surface area contributed by atoms with Crippen LogP contribution in [0.15, 0.2) is 18.2 Å². The number of aromatic nitrogens is 1. The molecule has 21 heavy (non-hydrogen) atoms. The Kier molecular flexibility index (Phi) is 4.32. The SMILES string of the molecule is Cc1ccc(F)cc1C(=O)NCc1nc(C)c(C(=O)O)s1. The Morgan fingerprint density at radius 2 is 2.10 bits per heavy atom. The molecule has 7 heteroatoms. The highest BCUT2D eigenvalue weighted by molar-refractivity contribution is 7.13. The quantitative estimate of drug-likeness (QED) is 0.909. The Bertz CT molecular complexity index is 712. The maximum atomic E-state index is 13.2. The molecular weight excluding hydrogens is 295 g/mol. The van der Waals surface area contributed by atoms with Gasteiger partial charge in [0.1, 0.15) is 15.7 Å². The van der Waals surface area contributed by atoms with E-state index in [4.69, 9.17) is 5.11 Å². The molecule has 0 atom stereocenters. The molecule has 0 radical (unpaired) electrons. The van der Waals surface area contributed by atoms with Crippen LogP contribution in [-0.2, 0) is 6.54 Å². The van der Waals surface area contributed by atoms with E-state index in [-0.39, 0.29) is 17.0 Å². The summed E-state index contributed by atoms with van der Waals surface area (Å²) in [6, 6.07) is 3.98. The maximum absolute atomic E-state index is 13.2. The Morgan fingerprint density at radius 3 is 2.71 bits per heavy atom. The number of nitrogens with zero attached hydrogens (tertiary/aromatic N) is 1. The number of carboxylic acids is 1. The van der Waals surface area contributed by atoms with Crippen LogP contribution in [0.4, 0.5) is 4.39 Å². The smallest absolute Gasteiger partial charge is 0.347 e. The van der Waals surface area contributed by atoms with Crippen molar-refractivity contribution in [2.75, 3.05) is 0 Å². The minimum Gasteiger partial charge on any atom is -0.477 e. The molecule has 110 valence electrons. The second kappa shape index (κ2) is 6.01. The van der Waals surface area contributed by atoms with E-state index < -0.39 is 17.7 Å². The summed E-state index contributed by atoms with van der Waals surface area (Å²) >= 11 is 1.01. The molecule has 1 aromatic carbocycles. The number of carbonyl (C=O) groups is 2. The number of carboxylic acid groups (broad SMARTS) is 1. The molecule has 0 spiro atoms. The zero-order valence-electron chi connectivity index (χ0n) is 11.4. The van der Waals surface area contributed by atoms with Gasteiger partial charge in [0, 0.05) is 5.56 Å². The molecule has 0 unspecified atom stereocenters. The largest absolute Gasteiger partial charge is 0.477 e. The third-order valence-electron chi connectivity index (χ3n) is 2.88. The Labute approximate surface area is 124 Å². The molecular formula is C14H13FN2O3S. The number of aryl methyl sites for hydroxylation is 2. The summed E-state index contributed by atoms with van der Waals surface area (Å²) in [7, 11) is 0. The monoisotopic (exact) mass is 308 g/mol. The maximum Gasteiger partial charge on any atom is 0.347 e. The predicted octanol–water partition coefficient (Wildman–Crippen LogP) is 2.53. The molecule has 0 aliphatic rings. The van der Waals surface area contributed by atoms with Crippen LogP contribution >= 0.6 is 11.3 Å². The second-order valence-corrected chi connectivity index (χ2v) is 5.55. The second-order valence-electron chi connectivity index (χ2n) is 4.47. The van der Waals surface area contributed by atoms with Crippen LogP contribution in [0.1, 0.15) is 36.3 Å². The highest BCUT2D eigenvalue weighted by Gasteiger charge is 2.15. The third kappa shape index (κ3) is 3.43. The number of halogens is 1. The summed E-state index contributed by atoms with van der Waals surface area (Å²) in [5, 5.41) is 12.0. The van der Waals surface area contributed by atoms with E-state index in [9.17, 15) is 14.0 Å². The van der Waals surface area contributed by atoms with Gasteiger partial charge in [0.05, 0.1) is 12.2 Å². The highest BCUT2D eigenvalue weighted by Crippen LogP contribution is 2.18. The lowest BCUT2D eigenvalue weighted by Gasteiger charge is -2.06. The average Bonchev–Trinajstić information content (AvgIpc) is 2.80. The topological polar surface area (TPSA) is 79.3 Å². The van der Waals surface area contributed by atoms with Crippen LogP contribution in [0.3, 0.4) is 0 Å². The standard InChI is InChI=1S/C14H13FN2O3S/c1-7-3-4-9(15)5-10(7)13(18)16-6-11-17-8(2)12(21-11)14(19)20/h3-5H,6H2,1-2H3,(H,16,18)(H,19,20). The number of thiazole rings is 1. The van der Waals surface area contributed by atoms with Crippen LogP contribution in [0.5, 0.6) is 0 Å². The molecule has 0 aliphatic carbocycles. The minimum atomic E-state index is -1.04. The number of benzene rings is 1. The molecule has 0 saturated carbocycles. The summed E-state index contributed by atoms with van der Waals surface area (Å²) in [5.74, 6) is -1.94. The zero-order valence-corrected chi connectivity index (χ0v) is 12.3. The lowest BCUT2D eigenvalue weighted by Crippen LogP contribution is -2.23. The molecule has 0 bridgehead atoms. The molecule has 2 rings (SSSR count). The Morgan fingerprint density at radius 1 is 1.38 bits per heavy atom. The van der Waals surface area contributed by atoms with Crippen molar-refractivity contribution in [3.8, 4) is 0 Å². The van der Waals surface area contributed by atoms with Crippen LogP contribution < -0.4 is 5.32 Å². The van der Waals surface area contributed by atoms with E-state index in [0.717, 1.165) is 11.3 Å². The van der Waals surface area contributed by atoms with Gasteiger partial charge in [-0.3, -0.25) is 4.79 Å². The van der Waals surface area contributed by atoms with Crippen molar-refractivity contribution in [3.05, 3.63) is 50.7 Å². The van der Waals surface area contributed by atoms with E-state index in [2.05, 4.69) is 10.3 Å². The highest BCUT2D eigenvalue weighted by atomic mass is 32.1. The number of amides is 1. The first-order valence-electron chi connectivity index (χ1n) is 6.12. The van der Waals surface area contributed by atoms with Crippen molar-refractivity contribution < 1.29 is 19.1 Å². The fourth-order valence-corrected chi connectivity index (χ4v) is 2.66. The van der Waals surface area contributed by atoms with E-state index in [1.54, 1.807) is 13.8 Å². The van der Waals surface area contributed by atoms with Crippen molar-refractivity contribution >= 4 is 23.2 Å². The summed E-state index contributed by atoms with van der Waals surface area (Å²) in [4.78, 5) is 27.2. The molecule has 0 saturated heterocycles. The van der Waals surface area contributed by atoms with Gasteiger partial charge in [-0.15, -0.1) is 11.3 Å². The van der Waals surface area contributed by atoms with Gasteiger partial charge < -0.3 is 10.4 Å². The molecule has 0 aliphatic heterocycles. The Balaban J connectivity index is 2.09. The summed E-state index contributed by atoms with van der Waals surface area (Å²) < 4.78 is 13.2. The van der Waals surface area contributed by atoms with Crippen molar-refractivity contribution in [1.82, 2.24) is 10.3 Å². The first-order chi connectivity index (χ1) is 9.88. The van der Waals surface area contributed by atoms with Gasteiger partial charge in [0.25, 0.3) is 5.91 Å². The van der Waals surface area contributed by atoms with E-state index in [1.807, 2.05) is 0 Å². The number of rotatable bonds is 4. The average molecular weight is 308 g/mol. The molecule has 0 fully saturated rings. The fraction of sp³-hybridized carbons (Fsp3) is 0.214. The lowest BCUT2D eigenvalue weighted by atomic mass is 10.1. The van der Waals surface area contributed by atoms with Crippen molar-refractivity contribution in [2.24, 2.45) is 0 Å². The molecule has 5 nitrogen and oxygen atoms in total. The van der Waals surface area contributed by atoms with Crippen LogP contribution in [-0.4, -0.2) is 22.0 Å². The normalized spacial score (nSPS) is 10.4. The Hall–Kier alpha value is -2.28. The third-order valence-corrected chi connectivity index (χ3v) is 4.02. The fourth-order valence-electron chi connectivity index (χ4n) is 1.82. The summed E-state index contributed by atoms with van der Waals surface area (Å²) in [6.07, 6.45) is 0. The van der Waals surface area contributed by atoms with Gasteiger partial charge >= 0.3 is 5.97 Å². The van der Waals surface area contributed by atoms with Crippen LogP contribution in [0.25, 0.3) is 0 Å². The molecule has 2 aromatic rings. The van der Waals surface area contributed by atoms with Crippen molar-refractivity contribution in [3.63, 3.8) is 0 Å². The predicted molar refractivity (Wildman–Crippen MR) is 76.1 cm³/mol. The molecule has 2 N–H and O–H groups in total. The minimum absolute atomic E-state index is 0.105. The van der Waals surface area contributed by atoms with Gasteiger partial charge in [0.15, 0.2) is 0 Å². The number of carbonyl (C=O) groups excluding carboxylic acids is 1. The molecule has 1 heterocycles. The summed E-state index contributed by atoms with van der Waals surface area (Å²) in [6.45, 7) is 3.42. The zero-order chi connectivity index (χ0) is 15.6. The van der Waals surface area contributed by atoms with Crippen LogP contribution in [0.2, 0.25) is 0 Å². The van der Waals surface area contributed by atoms with Gasteiger partial charge in [0.2, 0.25) is 0 Å². The first kappa shape index (κ1) is 15.1. The van der Waals surface area contributed by atoms with Gasteiger partial charge in [-0.2, -0.15) is 0 Å². The molecule has 1 amide bonds. The van der Waals surface area contributed by atoms with E-state index in [1.165, 1.54) is 18.2 Å². The van der Waals surface area contributed by atoms with Crippen molar-refractivity contribution in [2.45, 2.75) is 20.4 Å². The number of aromatic carboxylic acids is 1. The number of hydrogen-bond donors (Lipinski definition) is 2. The van der Waals surface area contributed by atoms with Crippen LogP contribution in [0, 0.1) is 19.7 Å². The van der Waals surface area contributed by atoms with Crippen molar-refractivity contribution in [1.29, 1.82) is 0 Å². The van der Waals surface area contributed by atoms with Gasteiger partial charge in [-0.1, -0.05) is 6.07 Å².